The molecule has 1 amide bonds. The topological polar surface area (TPSA) is 41.1 Å². The molecule has 0 aliphatic rings. The van der Waals surface area contributed by atoms with Crippen LogP contribution in [-0.2, 0) is 4.79 Å². The minimum Gasteiger partial charge on any atom is -0.325 e. The number of anilines is 1. The van der Waals surface area contributed by atoms with Gasteiger partial charge in [-0.15, -0.1) is 0 Å². The summed E-state index contributed by atoms with van der Waals surface area (Å²) in [6, 6.07) is 7.85. The highest BCUT2D eigenvalue weighted by atomic mass is 79.9. The van der Waals surface area contributed by atoms with E-state index in [4.69, 9.17) is 0 Å². The lowest BCUT2D eigenvalue weighted by molar-refractivity contribution is -0.115. The van der Waals surface area contributed by atoms with Crippen molar-refractivity contribution in [2.24, 2.45) is 0 Å². The summed E-state index contributed by atoms with van der Waals surface area (Å²) in [5.74, 6) is -0.0261. The zero-order chi connectivity index (χ0) is 11.3. The Labute approximate surface area is 98.4 Å². The molecule has 0 heterocycles. The molecule has 3 nitrogen and oxygen atoms in total. The molecule has 0 aliphatic heterocycles. The van der Waals surface area contributed by atoms with Crippen LogP contribution in [0.1, 0.15) is 13.8 Å². The molecule has 4 heteroatoms. The first-order valence-electron chi connectivity index (χ1n) is 4.86. The van der Waals surface area contributed by atoms with Crippen molar-refractivity contribution >= 4 is 27.5 Å². The Morgan fingerprint density at radius 1 is 1.47 bits per heavy atom. The minimum atomic E-state index is -0.0261. The van der Waals surface area contributed by atoms with Crippen molar-refractivity contribution in [3.8, 4) is 0 Å². The van der Waals surface area contributed by atoms with E-state index in [1.807, 2.05) is 38.1 Å². The van der Waals surface area contributed by atoms with Crippen molar-refractivity contribution in [3.05, 3.63) is 28.7 Å². The molecule has 1 rings (SSSR count). The van der Waals surface area contributed by atoms with Crippen LogP contribution in [0.3, 0.4) is 0 Å². The standard InChI is InChI=1S/C11H15BrN2O/c1-8(2)13-7-11(15)14-10-5-3-4-9(12)6-10/h3-6,8,13H,7H2,1-2H3,(H,14,15). The maximum atomic E-state index is 11.4. The highest BCUT2D eigenvalue weighted by Gasteiger charge is 2.02. The molecule has 0 aliphatic carbocycles. The second kappa shape index (κ2) is 5.88. The SMILES string of the molecule is CC(C)NCC(=O)Nc1cccc(Br)c1. The monoisotopic (exact) mass is 270 g/mol. The number of halogens is 1. The summed E-state index contributed by atoms with van der Waals surface area (Å²) >= 11 is 3.35. The Hall–Kier alpha value is -0.870. The highest BCUT2D eigenvalue weighted by Crippen LogP contribution is 2.15. The van der Waals surface area contributed by atoms with Gasteiger partial charge < -0.3 is 10.6 Å². The van der Waals surface area contributed by atoms with Crippen LogP contribution >= 0.6 is 15.9 Å². The normalized spacial score (nSPS) is 10.4. The first-order valence-corrected chi connectivity index (χ1v) is 5.66. The summed E-state index contributed by atoms with van der Waals surface area (Å²) in [5, 5.41) is 5.86. The summed E-state index contributed by atoms with van der Waals surface area (Å²) in [7, 11) is 0. The maximum Gasteiger partial charge on any atom is 0.238 e. The van der Waals surface area contributed by atoms with Gasteiger partial charge in [-0.1, -0.05) is 35.8 Å². The molecule has 1 aromatic carbocycles. The first kappa shape index (κ1) is 12.2. The second-order valence-electron chi connectivity index (χ2n) is 3.59. The number of benzene rings is 1. The smallest absolute Gasteiger partial charge is 0.238 e. The molecule has 0 saturated carbocycles. The van der Waals surface area contributed by atoms with Gasteiger partial charge in [0, 0.05) is 16.2 Å². The number of nitrogens with one attached hydrogen (secondary N) is 2. The van der Waals surface area contributed by atoms with E-state index in [0.717, 1.165) is 10.2 Å². The van der Waals surface area contributed by atoms with Gasteiger partial charge in [-0.25, -0.2) is 0 Å². The maximum absolute atomic E-state index is 11.4. The molecule has 0 fully saturated rings. The molecule has 0 bridgehead atoms. The number of carbonyl (C=O) groups excluding carboxylic acids is 1. The quantitative estimate of drug-likeness (QED) is 0.882. The van der Waals surface area contributed by atoms with Crippen molar-refractivity contribution in [2.45, 2.75) is 19.9 Å². The Balaban J connectivity index is 2.44. The molecule has 0 spiro atoms. The van der Waals surface area contributed by atoms with E-state index in [2.05, 4.69) is 26.6 Å². The molecular formula is C11H15BrN2O. The van der Waals surface area contributed by atoms with E-state index in [0.29, 0.717) is 12.6 Å². The molecule has 2 N–H and O–H groups in total. The molecule has 0 radical (unpaired) electrons. The number of carbonyl (C=O) groups is 1. The van der Waals surface area contributed by atoms with Crippen LogP contribution in [0.5, 0.6) is 0 Å². The van der Waals surface area contributed by atoms with Crippen molar-refractivity contribution in [2.75, 3.05) is 11.9 Å². The Bertz CT molecular complexity index is 339. The Morgan fingerprint density at radius 2 is 2.20 bits per heavy atom. The fourth-order valence-corrected chi connectivity index (χ4v) is 1.47. The van der Waals surface area contributed by atoms with E-state index in [1.54, 1.807) is 0 Å². The van der Waals surface area contributed by atoms with Crippen LogP contribution in [-0.4, -0.2) is 18.5 Å². The Morgan fingerprint density at radius 3 is 2.80 bits per heavy atom. The van der Waals surface area contributed by atoms with Gasteiger partial charge in [0.05, 0.1) is 6.54 Å². The largest absolute Gasteiger partial charge is 0.325 e. The predicted molar refractivity (Wildman–Crippen MR) is 65.9 cm³/mol. The molecule has 0 aromatic heterocycles. The van der Waals surface area contributed by atoms with E-state index >= 15 is 0 Å². The molecule has 82 valence electrons. The van der Waals surface area contributed by atoms with E-state index in [9.17, 15) is 4.79 Å². The van der Waals surface area contributed by atoms with Crippen LogP contribution < -0.4 is 10.6 Å². The van der Waals surface area contributed by atoms with Gasteiger partial charge in [0.15, 0.2) is 0 Å². The average Bonchev–Trinajstić information content (AvgIpc) is 2.15. The minimum absolute atomic E-state index is 0.0261. The molecule has 15 heavy (non-hydrogen) atoms. The molecular weight excluding hydrogens is 256 g/mol. The van der Waals surface area contributed by atoms with Crippen molar-refractivity contribution in [1.29, 1.82) is 0 Å². The summed E-state index contributed by atoms with van der Waals surface area (Å²) in [4.78, 5) is 11.4. The van der Waals surface area contributed by atoms with E-state index < -0.39 is 0 Å². The summed E-state index contributed by atoms with van der Waals surface area (Å²) in [6.45, 7) is 4.35. The summed E-state index contributed by atoms with van der Waals surface area (Å²) in [5.41, 5.74) is 0.805. The number of rotatable bonds is 4. The van der Waals surface area contributed by atoms with E-state index in [1.165, 1.54) is 0 Å². The van der Waals surface area contributed by atoms with E-state index in [-0.39, 0.29) is 5.91 Å². The van der Waals surface area contributed by atoms with Gasteiger partial charge in [0.25, 0.3) is 0 Å². The molecule has 0 atom stereocenters. The highest BCUT2D eigenvalue weighted by molar-refractivity contribution is 9.10. The van der Waals surface area contributed by atoms with Gasteiger partial charge in [-0.3, -0.25) is 4.79 Å². The second-order valence-corrected chi connectivity index (χ2v) is 4.51. The summed E-state index contributed by atoms with van der Waals surface area (Å²) < 4.78 is 0.956. The zero-order valence-corrected chi connectivity index (χ0v) is 10.5. The van der Waals surface area contributed by atoms with Crippen molar-refractivity contribution < 1.29 is 4.79 Å². The van der Waals surface area contributed by atoms with Crippen LogP contribution in [0.15, 0.2) is 28.7 Å². The van der Waals surface area contributed by atoms with Crippen LogP contribution in [0.4, 0.5) is 5.69 Å². The van der Waals surface area contributed by atoms with Crippen LogP contribution in [0, 0.1) is 0 Å². The molecule has 1 aromatic rings. The first-order chi connectivity index (χ1) is 7.08. The third kappa shape index (κ3) is 4.95. The number of amides is 1. The number of hydrogen-bond acceptors (Lipinski definition) is 2. The fourth-order valence-electron chi connectivity index (χ4n) is 1.07. The third-order valence-electron chi connectivity index (χ3n) is 1.78. The molecule has 0 saturated heterocycles. The van der Waals surface area contributed by atoms with Crippen LogP contribution in [0.25, 0.3) is 0 Å². The molecule has 0 unspecified atom stereocenters. The van der Waals surface area contributed by atoms with Gasteiger partial charge in [0.1, 0.15) is 0 Å². The van der Waals surface area contributed by atoms with Gasteiger partial charge in [0.2, 0.25) is 5.91 Å². The lowest BCUT2D eigenvalue weighted by Crippen LogP contribution is -2.32. The zero-order valence-electron chi connectivity index (χ0n) is 8.88. The van der Waals surface area contributed by atoms with Gasteiger partial charge in [-0.05, 0) is 18.2 Å². The lowest BCUT2D eigenvalue weighted by atomic mass is 10.3. The van der Waals surface area contributed by atoms with Crippen molar-refractivity contribution in [1.82, 2.24) is 5.32 Å². The predicted octanol–water partition coefficient (Wildman–Crippen LogP) is 2.39. The van der Waals surface area contributed by atoms with Crippen molar-refractivity contribution in [3.63, 3.8) is 0 Å². The van der Waals surface area contributed by atoms with Gasteiger partial charge >= 0.3 is 0 Å². The fraction of sp³-hybridized carbons (Fsp3) is 0.364. The third-order valence-corrected chi connectivity index (χ3v) is 2.27. The van der Waals surface area contributed by atoms with Gasteiger partial charge in [-0.2, -0.15) is 0 Å². The summed E-state index contributed by atoms with van der Waals surface area (Å²) in [6.07, 6.45) is 0. The average molecular weight is 271 g/mol. The lowest BCUT2D eigenvalue weighted by Gasteiger charge is -2.08. The van der Waals surface area contributed by atoms with Crippen LogP contribution in [0.2, 0.25) is 0 Å². The number of hydrogen-bond donors (Lipinski definition) is 2. The Kier molecular flexibility index (Phi) is 4.78.